The van der Waals surface area contributed by atoms with Crippen LogP contribution in [0.1, 0.15) is 43.2 Å². The summed E-state index contributed by atoms with van der Waals surface area (Å²) in [5, 5.41) is 10.7. The van der Waals surface area contributed by atoms with Crippen molar-refractivity contribution in [1.82, 2.24) is 4.90 Å². The predicted molar refractivity (Wildman–Crippen MR) is 87.2 cm³/mol. The molecule has 1 aromatic heterocycles. The Bertz CT molecular complexity index is 729. The zero-order valence-corrected chi connectivity index (χ0v) is 13.3. The lowest BCUT2D eigenvalue weighted by Gasteiger charge is -2.31. The van der Waals surface area contributed by atoms with Gasteiger partial charge in [-0.1, -0.05) is 19.3 Å². The lowest BCUT2D eigenvalue weighted by Crippen LogP contribution is -2.33. The van der Waals surface area contributed by atoms with Crippen molar-refractivity contribution in [2.45, 2.75) is 51.6 Å². The van der Waals surface area contributed by atoms with Gasteiger partial charge in [-0.05, 0) is 44.5 Å². The van der Waals surface area contributed by atoms with Crippen molar-refractivity contribution in [3.8, 4) is 5.75 Å². The largest absolute Gasteiger partial charge is 0.508 e. The van der Waals surface area contributed by atoms with E-state index in [1.165, 1.54) is 32.1 Å². The van der Waals surface area contributed by atoms with Gasteiger partial charge in [-0.2, -0.15) is 0 Å². The summed E-state index contributed by atoms with van der Waals surface area (Å²) in [6.45, 7) is 2.51. The molecule has 1 fully saturated rings. The molecule has 1 heterocycles. The first-order chi connectivity index (χ1) is 10.6. The minimum atomic E-state index is -0.353. The van der Waals surface area contributed by atoms with Crippen LogP contribution in [0, 0.1) is 6.92 Å². The van der Waals surface area contributed by atoms with Gasteiger partial charge in [-0.15, -0.1) is 0 Å². The smallest absolute Gasteiger partial charge is 0.336 e. The molecule has 4 nitrogen and oxygen atoms in total. The van der Waals surface area contributed by atoms with E-state index in [2.05, 4.69) is 11.9 Å². The number of nitrogens with zero attached hydrogens (tertiary/aromatic N) is 1. The Morgan fingerprint density at radius 3 is 2.73 bits per heavy atom. The van der Waals surface area contributed by atoms with Gasteiger partial charge in [0.1, 0.15) is 11.3 Å². The Labute approximate surface area is 130 Å². The zero-order valence-electron chi connectivity index (χ0n) is 13.3. The molecule has 118 valence electrons. The fourth-order valence-corrected chi connectivity index (χ4v) is 3.47. The maximum absolute atomic E-state index is 11.9. The Morgan fingerprint density at radius 1 is 1.27 bits per heavy atom. The lowest BCUT2D eigenvalue weighted by atomic mass is 9.94. The second-order valence-electron chi connectivity index (χ2n) is 6.38. The third-order valence-electron chi connectivity index (χ3n) is 4.84. The van der Waals surface area contributed by atoms with Crippen molar-refractivity contribution >= 4 is 11.0 Å². The summed E-state index contributed by atoms with van der Waals surface area (Å²) in [7, 11) is 2.13. The van der Waals surface area contributed by atoms with Gasteiger partial charge in [0.25, 0.3) is 0 Å². The second kappa shape index (κ2) is 6.13. The Morgan fingerprint density at radius 2 is 2.00 bits per heavy atom. The number of aryl methyl sites for hydroxylation is 1. The minimum absolute atomic E-state index is 0.161. The number of hydrogen-bond acceptors (Lipinski definition) is 4. The second-order valence-corrected chi connectivity index (χ2v) is 6.38. The van der Waals surface area contributed by atoms with Crippen LogP contribution in [0.3, 0.4) is 0 Å². The number of phenols is 1. The fourth-order valence-electron chi connectivity index (χ4n) is 3.47. The van der Waals surface area contributed by atoms with E-state index >= 15 is 0 Å². The van der Waals surface area contributed by atoms with E-state index in [1.54, 1.807) is 19.1 Å². The van der Waals surface area contributed by atoms with Crippen molar-refractivity contribution in [3.63, 3.8) is 0 Å². The summed E-state index contributed by atoms with van der Waals surface area (Å²) < 4.78 is 5.31. The number of benzene rings is 1. The van der Waals surface area contributed by atoms with Crippen molar-refractivity contribution in [2.75, 3.05) is 7.05 Å². The van der Waals surface area contributed by atoms with Crippen LogP contribution < -0.4 is 5.63 Å². The molecule has 1 aromatic carbocycles. The molecule has 0 amide bonds. The maximum atomic E-state index is 11.9. The molecule has 0 radical (unpaired) electrons. The zero-order chi connectivity index (χ0) is 15.7. The molecule has 0 atom stereocenters. The van der Waals surface area contributed by atoms with Crippen molar-refractivity contribution < 1.29 is 9.52 Å². The van der Waals surface area contributed by atoms with Gasteiger partial charge in [0.2, 0.25) is 0 Å². The van der Waals surface area contributed by atoms with Crippen LogP contribution in [0.2, 0.25) is 0 Å². The van der Waals surface area contributed by atoms with E-state index in [4.69, 9.17) is 4.42 Å². The van der Waals surface area contributed by atoms with Crippen LogP contribution >= 0.6 is 0 Å². The summed E-state index contributed by atoms with van der Waals surface area (Å²) >= 11 is 0. The van der Waals surface area contributed by atoms with E-state index < -0.39 is 0 Å². The molecule has 2 aromatic rings. The number of aromatic hydroxyl groups is 1. The summed E-state index contributed by atoms with van der Waals surface area (Å²) in [5.41, 5.74) is 1.74. The monoisotopic (exact) mass is 301 g/mol. The average Bonchev–Trinajstić information content (AvgIpc) is 2.52. The van der Waals surface area contributed by atoms with Gasteiger partial charge in [0.15, 0.2) is 0 Å². The molecule has 3 rings (SSSR count). The van der Waals surface area contributed by atoms with Gasteiger partial charge in [-0.25, -0.2) is 4.79 Å². The van der Waals surface area contributed by atoms with Gasteiger partial charge in [0, 0.05) is 29.6 Å². The van der Waals surface area contributed by atoms with E-state index in [0.717, 1.165) is 17.5 Å². The quantitative estimate of drug-likeness (QED) is 0.881. The normalized spacial score (nSPS) is 16.5. The first-order valence-electron chi connectivity index (χ1n) is 8.02. The van der Waals surface area contributed by atoms with Crippen LogP contribution in [-0.2, 0) is 6.54 Å². The first-order valence-corrected chi connectivity index (χ1v) is 8.02. The predicted octanol–water partition coefficient (Wildman–Crippen LogP) is 3.57. The summed E-state index contributed by atoms with van der Waals surface area (Å²) in [6.07, 6.45) is 6.38. The summed E-state index contributed by atoms with van der Waals surface area (Å²) in [5.74, 6) is 0.161. The van der Waals surface area contributed by atoms with E-state index in [9.17, 15) is 9.90 Å². The number of fused-ring (bicyclic) bond motifs is 1. The SMILES string of the molecule is Cc1c(O)ccc2c(CN(C)C3CCCCC3)cc(=O)oc12. The first kappa shape index (κ1) is 15.1. The summed E-state index contributed by atoms with van der Waals surface area (Å²) in [6, 6.07) is 5.68. The molecule has 0 bridgehead atoms. The van der Waals surface area contributed by atoms with E-state index in [1.807, 2.05) is 6.07 Å². The molecule has 4 heteroatoms. The highest BCUT2D eigenvalue weighted by molar-refractivity contribution is 5.84. The highest BCUT2D eigenvalue weighted by Gasteiger charge is 2.19. The highest BCUT2D eigenvalue weighted by Crippen LogP contribution is 2.29. The molecule has 0 saturated heterocycles. The standard InChI is InChI=1S/C18H23NO3/c1-12-16(20)9-8-15-13(10-17(21)22-18(12)15)11-19(2)14-6-4-3-5-7-14/h8-10,14,20H,3-7,11H2,1-2H3. The number of hydrogen-bond donors (Lipinski definition) is 1. The lowest BCUT2D eigenvalue weighted by molar-refractivity contribution is 0.185. The third-order valence-corrected chi connectivity index (χ3v) is 4.84. The van der Waals surface area contributed by atoms with Crippen molar-refractivity contribution in [1.29, 1.82) is 0 Å². The average molecular weight is 301 g/mol. The molecule has 0 aliphatic heterocycles. The molecule has 0 unspecified atom stereocenters. The van der Waals surface area contributed by atoms with Crippen LogP contribution in [-0.4, -0.2) is 23.1 Å². The number of rotatable bonds is 3. The molecule has 1 aliphatic carbocycles. The maximum Gasteiger partial charge on any atom is 0.336 e. The number of phenolic OH excluding ortho intramolecular Hbond substituents is 1. The summed E-state index contributed by atoms with van der Waals surface area (Å²) in [4.78, 5) is 14.2. The molecule has 1 aliphatic rings. The van der Waals surface area contributed by atoms with Crippen molar-refractivity contribution in [2.24, 2.45) is 0 Å². The molecule has 1 saturated carbocycles. The van der Waals surface area contributed by atoms with Crippen LogP contribution in [0.15, 0.2) is 27.4 Å². The minimum Gasteiger partial charge on any atom is -0.508 e. The van der Waals surface area contributed by atoms with Gasteiger partial charge in [0.05, 0.1) is 0 Å². The van der Waals surface area contributed by atoms with Crippen LogP contribution in [0.5, 0.6) is 5.75 Å². The fraction of sp³-hybridized carbons (Fsp3) is 0.500. The van der Waals surface area contributed by atoms with Crippen molar-refractivity contribution in [3.05, 3.63) is 39.7 Å². The molecule has 1 N–H and O–H groups in total. The van der Waals surface area contributed by atoms with Crippen LogP contribution in [0.4, 0.5) is 0 Å². The van der Waals surface area contributed by atoms with Gasteiger partial charge >= 0.3 is 5.63 Å². The Hall–Kier alpha value is -1.81. The Kier molecular flexibility index (Phi) is 4.21. The molecule has 0 spiro atoms. The Balaban J connectivity index is 1.96. The topological polar surface area (TPSA) is 53.7 Å². The van der Waals surface area contributed by atoms with Crippen LogP contribution in [0.25, 0.3) is 11.0 Å². The van der Waals surface area contributed by atoms with E-state index in [-0.39, 0.29) is 11.4 Å². The molecule has 22 heavy (non-hydrogen) atoms. The third kappa shape index (κ3) is 2.88. The van der Waals surface area contributed by atoms with E-state index in [0.29, 0.717) is 17.2 Å². The molecular weight excluding hydrogens is 278 g/mol. The van der Waals surface area contributed by atoms with Gasteiger partial charge < -0.3 is 9.52 Å². The molecular formula is C18H23NO3. The van der Waals surface area contributed by atoms with Gasteiger partial charge in [-0.3, -0.25) is 4.90 Å². The highest BCUT2D eigenvalue weighted by atomic mass is 16.4.